The minimum absolute atomic E-state index is 0.0679. The Balaban J connectivity index is 2.64. The third-order valence-electron chi connectivity index (χ3n) is 2.83. The van der Waals surface area contributed by atoms with E-state index in [1.54, 1.807) is 4.90 Å². The van der Waals surface area contributed by atoms with Crippen LogP contribution in [0.3, 0.4) is 0 Å². The van der Waals surface area contributed by atoms with E-state index in [1.165, 1.54) is 0 Å². The van der Waals surface area contributed by atoms with Crippen molar-refractivity contribution >= 4 is 11.9 Å². The molecule has 4 heteroatoms. The fourth-order valence-electron chi connectivity index (χ4n) is 2.15. The minimum atomic E-state index is -0.494. The minimum Gasteiger partial charge on any atom is -0.458 e. The van der Waals surface area contributed by atoms with Gasteiger partial charge < -0.3 is 9.64 Å². The van der Waals surface area contributed by atoms with Gasteiger partial charge in [-0.3, -0.25) is 4.79 Å². The van der Waals surface area contributed by atoms with Crippen LogP contribution in [0.4, 0.5) is 0 Å². The molecule has 1 rings (SSSR count). The van der Waals surface area contributed by atoms with E-state index in [-0.39, 0.29) is 17.9 Å². The highest BCUT2D eigenvalue weighted by atomic mass is 16.6. The monoisotopic (exact) mass is 255 g/mol. The highest BCUT2D eigenvalue weighted by molar-refractivity contribution is 5.85. The number of ether oxygens (including phenoxy) is 1. The number of amides is 1. The van der Waals surface area contributed by atoms with Crippen molar-refractivity contribution < 1.29 is 14.3 Å². The predicted octanol–water partition coefficient (Wildman–Crippen LogP) is 2.37. The van der Waals surface area contributed by atoms with E-state index in [4.69, 9.17) is 4.74 Å². The van der Waals surface area contributed by atoms with Gasteiger partial charge in [0.1, 0.15) is 11.6 Å². The van der Waals surface area contributed by atoms with E-state index in [0.717, 1.165) is 12.8 Å². The van der Waals surface area contributed by atoms with Crippen LogP contribution in [0.1, 0.15) is 53.9 Å². The van der Waals surface area contributed by atoms with Gasteiger partial charge in [-0.2, -0.15) is 0 Å². The van der Waals surface area contributed by atoms with Crippen LogP contribution in [0.25, 0.3) is 0 Å². The molecule has 0 N–H and O–H groups in total. The van der Waals surface area contributed by atoms with Gasteiger partial charge in [0.15, 0.2) is 0 Å². The lowest BCUT2D eigenvalue weighted by atomic mass is 10.1. The third-order valence-corrected chi connectivity index (χ3v) is 2.83. The largest absolute Gasteiger partial charge is 0.458 e. The molecule has 0 unspecified atom stereocenters. The van der Waals surface area contributed by atoms with E-state index in [1.807, 2.05) is 34.6 Å². The molecule has 104 valence electrons. The second-order valence-corrected chi connectivity index (χ2v) is 6.38. The van der Waals surface area contributed by atoms with Crippen molar-refractivity contribution in [3.63, 3.8) is 0 Å². The molecule has 0 aromatic heterocycles. The van der Waals surface area contributed by atoms with Gasteiger partial charge in [0.2, 0.25) is 5.91 Å². The Morgan fingerprint density at radius 2 is 1.94 bits per heavy atom. The summed E-state index contributed by atoms with van der Waals surface area (Å²) < 4.78 is 5.37. The van der Waals surface area contributed by atoms with Crippen molar-refractivity contribution in [3.05, 3.63) is 0 Å². The number of likely N-dealkylation sites (tertiary alicyclic amines) is 1. The van der Waals surface area contributed by atoms with Crippen LogP contribution < -0.4 is 0 Å². The highest BCUT2D eigenvalue weighted by Crippen LogP contribution is 2.22. The Morgan fingerprint density at radius 3 is 2.44 bits per heavy atom. The van der Waals surface area contributed by atoms with Gasteiger partial charge in [0.25, 0.3) is 0 Å². The lowest BCUT2D eigenvalue weighted by Crippen LogP contribution is -2.43. The molecule has 1 fully saturated rings. The molecule has 0 bridgehead atoms. The van der Waals surface area contributed by atoms with Crippen LogP contribution >= 0.6 is 0 Å². The number of hydrogen-bond acceptors (Lipinski definition) is 3. The number of hydrogen-bond donors (Lipinski definition) is 0. The molecule has 0 radical (unpaired) electrons. The number of rotatable bonds is 3. The molecule has 1 aliphatic rings. The zero-order valence-electron chi connectivity index (χ0n) is 12.2. The van der Waals surface area contributed by atoms with Gasteiger partial charge in [-0.15, -0.1) is 0 Å². The summed E-state index contributed by atoms with van der Waals surface area (Å²) in [6, 6.07) is -0.379. The molecule has 1 aliphatic heterocycles. The molecule has 0 spiro atoms. The summed E-state index contributed by atoms with van der Waals surface area (Å²) in [5, 5.41) is 0. The van der Waals surface area contributed by atoms with Crippen molar-refractivity contribution in [2.45, 2.75) is 65.5 Å². The molecule has 1 saturated heterocycles. The maximum atomic E-state index is 12.1. The molecule has 0 saturated carbocycles. The Hall–Kier alpha value is -1.06. The maximum Gasteiger partial charge on any atom is 0.329 e. The van der Waals surface area contributed by atoms with Crippen LogP contribution in [-0.2, 0) is 14.3 Å². The summed E-state index contributed by atoms with van der Waals surface area (Å²) >= 11 is 0. The standard InChI is InChI=1S/C14H25NO3/c1-10(2)9-12(16)15-8-6-7-11(15)13(17)18-14(3,4)5/h10-11H,6-9H2,1-5H3/t11-/m1/s1. The van der Waals surface area contributed by atoms with E-state index >= 15 is 0 Å². The summed E-state index contributed by atoms with van der Waals surface area (Å²) in [7, 11) is 0. The first-order chi connectivity index (χ1) is 8.20. The van der Waals surface area contributed by atoms with Crippen LogP contribution in [0, 0.1) is 5.92 Å². The SMILES string of the molecule is CC(C)CC(=O)N1CCC[C@@H]1C(=O)OC(C)(C)C. The molecule has 0 aliphatic carbocycles. The van der Waals surface area contributed by atoms with E-state index in [9.17, 15) is 9.59 Å². The predicted molar refractivity (Wildman–Crippen MR) is 70.0 cm³/mol. The van der Waals surface area contributed by atoms with Gasteiger partial charge in [-0.05, 0) is 39.5 Å². The van der Waals surface area contributed by atoms with Gasteiger partial charge in [-0.1, -0.05) is 13.8 Å². The number of carbonyl (C=O) groups is 2. The fraction of sp³-hybridized carbons (Fsp3) is 0.857. The summed E-state index contributed by atoms with van der Waals surface area (Å²) in [5.74, 6) is 0.118. The number of carbonyl (C=O) groups excluding carboxylic acids is 2. The lowest BCUT2D eigenvalue weighted by Gasteiger charge is -2.27. The van der Waals surface area contributed by atoms with Crippen molar-refractivity contribution in [3.8, 4) is 0 Å². The molecular formula is C14H25NO3. The van der Waals surface area contributed by atoms with E-state index in [0.29, 0.717) is 18.9 Å². The smallest absolute Gasteiger partial charge is 0.329 e. The zero-order chi connectivity index (χ0) is 13.9. The summed E-state index contributed by atoms with van der Waals surface area (Å²) in [6.45, 7) is 10.2. The average Bonchev–Trinajstić information content (AvgIpc) is 2.61. The van der Waals surface area contributed by atoms with Gasteiger partial charge in [-0.25, -0.2) is 4.79 Å². The van der Waals surface area contributed by atoms with Crippen LogP contribution in [-0.4, -0.2) is 35.0 Å². The first-order valence-corrected chi connectivity index (χ1v) is 6.73. The van der Waals surface area contributed by atoms with Crippen LogP contribution in [0.2, 0.25) is 0 Å². The van der Waals surface area contributed by atoms with Crippen LogP contribution in [0.5, 0.6) is 0 Å². The first-order valence-electron chi connectivity index (χ1n) is 6.73. The van der Waals surface area contributed by atoms with E-state index in [2.05, 4.69) is 0 Å². The Bertz CT molecular complexity index is 317. The molecule has 18 heavy (non-hydrogen) atoms. The second kappa shape index (κ2) is 5.72. The van der Waals surface area contributed by atoms with E-state index < -0.39 is 5.60 Å². The summed E-state index contributed by atoms with van der Waals surface area (Å²) in [5.41, 5.74) is -0.494. The third kappa shape index (κ3) is 4.31. The second-order valence-electron chi connectivity index (χ2n) is 6.38. The quantitative estimate of drug-likeness (QED) is 0.727. The molecule has 1 amide bonds. The van der Waals surface area contributed by atoms with Crippen molar-refractivity contribution in [2.24, 2.45) is 5.92 Å². The molecule has 1 heterocycles. The topological polar surface area (TPSA) is 46.6 Å². The lowest BCUT2D eigenvalue weighted by molar-refractivity contribution is -0.163. The van der Waals surface area contributed by atoms with Crippen molar-refractivity contribution in [1.82, 2.24) is 4.90 Å². The van der Waals surface area contributed by atoms with Gasteiger partial charge in [0.05, 0.1) is 0 Å². The van der Waals surface area contributed by atoms with Crippen molar-refractivity contribution in [2.75, 3.05) is 6.54 Å². The van der Waals surface area contributed by atoms with Crippen molar-refractivity contribution in [1.29, 1.82) is 0 Å². The molecular weight excluding hydrogens is 230 g/mol. The number of esters is 1. The Labute approximate surface area is 110 Å². The highest BCUT2D eigenvalue weighted by Gasteiger charge is 2.36. The van der Waals surface area contributed by atoms with Gasteiger partial charge in [0, 0.05) is 13.0 Å². The molecule has 4 nitrogen and oxygen atoms in total. The maximum absolute atomic E-state index is 12.1. The average molecular weight is 255 g/mol. The first kappa shape index (κ1) is 15.0. The van der Waals surface area contributed by atoms with Crippen LogP contribution in [0.15, 0.2) is 0 Å². The summed E-state index contributed by atoms with van der Waals surface area (Å²) in [6.07, 6.45) is 2.10. The number of nitrogens with zero attached hydrogens (tertiary/aromatic N) is 1. The summed E-state index contributed by atoms with van der Waals surface area (Å²) in [4.78, 5) is 25.8. The molecule has 0 aromatic rings. The Morgan fingerprint density at radius 1 is 1.33 bits per heavy atom. The molecule has 1 atom stereocenters. The Kier molecular flexibility index (Phi) is 4.77. The molecule has 0 aromatic carbocycles. The normalized spacial score (nSPS) is 20.3. The zero-order valence-corrected chi connectivity index (χ0v) is 12.2. The van der Waals surface area contributed by atoms with Gasteiger partial charge >= 0.3 is 5.97 Å². The fourth-order valence-corrected chi connectivity index (χ4v) is 2.15.